The number of rotatable bonds is 5. The van der Waals surface area contributed by atoms with E-state index >= 15 is 0 Å². The van der Waals surface area contributed by atoms with Crippen molar-refractivity contribution in [1.82, 2.24) is 24.4 Å². The van der Waals surface area contributed by atoms with E-state index in [9.17, 15) is 4.79 Å². The monoisotopic (exact) mass is 509 g/mol. The van der Waals surface area contributed by atoms with Crippen LogP contribution >= 0.6 is 23.2 Å². The number of halogens is 2. The van der Waals surface area contributed by atoms with Crippen LogP contribution in [0.1, 0.15) is 17.5 Å². The van der Waals surface area contributed by atoms with Crippen molar-refractivity contribution in [2.24, 2.45) is 5.92 Å². The predicted molar refractivity (Wildman–Crippen MR) is 139 cm³/mol. The highest BCUT2D eigenvalue weighted by Crippen LogP contribution is 2.29. The standard InChI is InChI=1S/C25H25Cl2N7O/c1-33(2)13-14-6-7-15-8-9-17(11-16(15)10-14)30-24-29-12-18-22(28)34(25(35)32-23(18)31-24)21-19(26)4-3-5-20(21)27/h3-5,8-9,11-12,14,28H,6-7,10,13H2,1-2H3,(H2,29,30,31,32,35)/t14-/m0/s1. The Morgan fingerprint density at radius 3 is 2.71 bits per heavy atom. The number of fused-ring (bicyclic) bond motifs is 2. The summed E-state index contributed by atoms with van der Waals surface area (Å²) in [6.45, 7) is 1.08. The number of aromatic nitrogens is 4. The van der Waals surface area contributed by atoms with Gasteiger partial charge in [-0.15, -0.1) is 0 Å². The normalized spacial score (nSPS) is 15.4. The molecule has 1 aliphatic carbocycles. The number of H-pyrrole nitrogens is 1. The lowest BCUT2D eigenvalue weighted by Crippen LogP contribution is -2.34. The Morgan fingerprint density at radius 2 is 1.97 bits per heavy atom. The first-order valence-electron chi connectivity index (χ1n) is 11.3. The lowest BCUT2D eigenvalue weighted by molar-refractivity contribution is 0.303. The summed E-state index contributed by atoms with van der Waals surface area (Å²) >= 11 is 12.5. The second-order valence-electron chi connectivity index (χ2n) is 9.12. The summed E-state index contributed by atoms with van der Waals surface area (Å²) in [4.78, 5) is 26.7. The molecular weight excluding hydrogens is 485 g/mol. The Kier molecular flexibility index (Phi) is 6.35. The number of aryl methyl sites for hydroxylation is 1. The first-order chi connectivity index (χ1) is 16.8. The summed E-state index contributed by atoms with van der Waals surface area (Å²) in [5, 5.41) is 12.7. The van der Waals surface area contributed by atoms with Gasteiger partial charge in [0.2, 0.25) is 5.95 Å². The van der Waals surface area contributed by atoms with Crippen LogP contribution < -0.4 is 16.5 Å². The van der Waals surface area contributed by atoms with E-state index in [1.807, 2.05) is 6.07 Å². The minimum absolute atomic E-state index is 0.106. The molecular formula is C25H25Cl2N7O. The quantitative estimate of drug-likeness (QED) is 0.372. The zero-order valence-corrected chi connectivity index (χ0v) is 20.9. The molecule has 2 aromatic heterocycles. The average Bonchev–Trinajstić information content (AvgIpc) is 2.80. The summed E-state index contributed by atoms with van der Waals surface area (Å²) < 4.78 is 1.12. The van der Waals surface area contributed by atoms with Gasteiger partial charge in [0.1, 0.15) is 5.49 Å². The van der Waals surface area contributed by atoms with E-state index < -0.39 is 5.69 Å². The molecule has 1 aliphatic rings. The van der Waals surface area contributed by atoms with Crippen molar-refractivity contribution in [1.29, 1.82) is 5.41 Å². The Balaban J connectivity index is 1.47. The summed E-state index contributed by atoms with van der Waals surface area (Å²) in [6.07, 6.45) is 4.84. The maximum absolute atomic E-state index is 12.9. The largest absolute Gasteiger partial charge is 0.333 e. The molecule has 180 valence electrons. The highest BCUT2D eigenvalue weighted by atomic mass is 35.5. The zero-order valence-electron chi connectivity index (χ0n) is 19.4. The van der Waals surface area contributed by atoms with Gasteiger partial charge in [0.25, 0.3) is 0 Å². The molecule has 35 heavy (non-hydrogen) atoms. The molecule has 2 heterocycles. The van der Waals surface area contributed by atoms with E-state index in [-0.39, 0.29) is 26.9 Å². The van der Waals surface area contributed by atoms with E-state index in [0.717, 1.165) is 29.6 Å². The summed E-state index contributed by atoms with van der Waals surface area (Å²) in [6, 6.07) is 11.2. The van der Waals surface area contributed by atoms with Crippen LogP contribution in [0.25, 0.3) is 16.7 Å². The van der Waals surface area contributed by atoms with Gasteiger partial charge in [-0.1, -0.05) is 35.3 Å². The van der Waals surface area contributed by atoms with Crippen LogP contribution in [0.15, 0.2) is 47.4 Å². The molecule has 0 spiro atoms. The molecule has 0 radical (unpaired) electrons. The second kappa shape index (κ2) is 9.45. The summed E-state index contributed by atoms with van der Waals surface area (Å²) in [7, 11) is 4.23. The Bertz CT molecular complexity index is 1520. The predicted octanol–water partition coefficient (Wildman–Crippen LogP) is 4.31. The fourth-order valence-electron chi connectivity index (χ4n) is 4.72. The number of aromatic amines is 1. The third kappa shape index (κ3) is 4.69. The van der Waals surface area contributed by atoms with Crippen LogP contribution in [0.2, 0.25) is 10.0 Å². The lowest BCUT2D eigenvalue weighted by atomic mass is 9.83. The molecule has 10 heteroatoms. The van der Waals surface area contributed by atoms with Crippen LogP contribution in [0.4, 0.5) is 11.6 Å². The Morgan fingerprint density at radius 1 is 1.20 bits per heavy atom. The van der Waals surface area contributed by atoms with E-state index in [1.54, 1.807) is 18.2 Å². The number of anilines is 2. The molecule has 3 N–H and O–H groups in total. The third-order valence-corrected chi connectivity index (χ3v) is 6.88. The number of hydrogen-bond donors (Lipinski definition) is 3. The Hall–Kier alpha value is -3.20. The molecule has 5 rings (SSSR count). The van der Waals surface area contributed by atoms with Gasteiger partial charge in [-0.25, -0.2) is 14.3 Å². The molecule has 8 nitrogen and oxygen atoms in total. The van der Waals surface area contributed by atoms with Gasteiger partial charge in [0.15, 0.2) is 5.65 Å². The van der Waals surface area contributed by atoms with Crippen molar-refractivity contribution in [2.75, 3.05) is 26.0 Å². The summed E-state index contributed by atoms with van der Waals surface area (Å²) in [5.41, 5.74) is 3.43. The van der Waals surface area contributed by atoms with Crippen molar-refractivity contribution >= 4 is 45.9 Å². The molecule has 0 bridgehead atoms. The molecule has 1 atom stereocenters. The number of nitrogens with one attached hydrogen (secondary N) is 3. The van der Waals surface area contributed by atoms with Crippen LogP contribution in [0.5, 0.6) is 0 Å². The fraction of sp³-hybridized carbons (Fsp3) is 0.280. The molecule has 0 aliphatic heterocycles. The van der Waals surface area contributed by atoms with Crippen molar-refractivity contribution in [3.05, 3.63) is 79.7 Å². The fourth-order valence-corrected chi connectivity index (χ4v) is 5.28. The van der Waals surface area contributed by atoms with E-state index in [0.29, 0.717) is 17.3 Å². The minimum Gasteiger partial charge on any atom is -0.324 e. The van der Waals surface area contributed by atoms with Crippen molar-refractivity contribution in [3.63, 3.8) is 0 Å². The number of hydrogen-bond acceptors (Lipinski definition) is 6. The Labute approximate surface area is 212 Å². The van der Waals surface area contributed by atoms with Gasteiger partial charge in [0, 0.05) is 18.4 Å². The van der Waals surface area contributed by atoms with E-state index in [2.05, 4.69) is 51.4 Å². The second-order valence-corrected chi connectivity index (χ2v) is 9.93. The smallest absolute Gasteiger partial charge is 0.324 e. The number of nitrogens with zero attached hydrogens (tertiary/aromatic N) is 4. The number of para-hydroxylation sites is 1. The van der Waals surface area contributed by atoms with Crippen LogP contribution in [-0.2, 0) is 12.8 Å². The molecule has 0 unspecified atom stereocenters. The average molecular weight is 510 g/mol. The highest BCUT2D eigenvalue weighted by molar-refractivity contribution is 6.37. The van der Waals surface area contributed by atoms with Gasteiger partial charge in [0.05, 0.1) is 21.1 Å². The molecule has 0 amide bonds. The van der Waals surface area contributed by atoms with Crippen molar-refractivity contribution in [2.45, 2.75) is 19.3 Å². The van der Waals surface area contributed by atoms with E-state index in [1.165, 1.54) is 23.7 Å². The van der Waals surface area contributed by atoms with E-state index in [4.69, 9.17) is 28.6 Å². The van der Waals surface area contributed by atoms with Gasteiger partial charge in [-0.3, -0.25) is 10.4 Å². The maximum atomic E-state index is 12.9. The molecule has 0 saturated carbocycles. The maximum Gasteiger partial charge on any atom is 0.333 e. The SMILES string of the molecule is CN(C)C[C@H]1CCc2ccc(Nc3ncc4c(=N)n(-c5c(Cl)cccc5Cl)c(=O)[nH]c4n3)cc2C1. The van der Waals surface area contributed by atoms with Gasteiger partial charge < -0.3 is 10.2 Å². The third-order valence-electron chi connectivity index (χ3n) is 6.27. The van der Waals surface area contributed by atoms with Crippen molar-refractivity contribution < 1.29 is 0 Å². The zero-order chi connectivity index (χ0) is 24.7. The van der Waals surface area contributed by atoms with Crippen LogP contribution in [0, 0.1) is 11.3 Å². The molecule has 0 fully saturated rings. The van der Waals surface area contributed by atoms with Gasteiger partial charge in [-0.2, -0.15) is 4.98 Å². The first kappa shape index (κ1) is 23.5. The first-order valence-corrected chi connectivity index (χ1v) is 12.1. The number of benzene rings is 2. The highest BCUT2D eigenvalue weighted by Gasteiger charge is 2.20. The van der Waals surface area contributed by atoms with Crippen LogP contribution in [0.3, 0.4) is 0 Å². The van der Waals surface area contributed by atoms with Crippen molar-refractivity contribution in [3.8, 4) is 5.69 Å². The molecule has 2 aromatic carbocycles. The van der Waals surface area contributed by atoms with Gasteiger partial charge in [-0.05, 0) is 74.7 Å². The van der Waals surface area contributed by atoms with Gasteiger partial charge >= 0.3 is 5.69 Å². The minimum atomic E-state index is -0.567. The molecule has 0 saturated heterocycles. The van der Waals surface area contributed by atoms with Crippen LogP contribution in [-0.4, -0.2) is 45.1 Å². The topological polar surface area (TPSA) is 103 Å². The lowest BCUT2D eigenvalue weighted by Gasteiger charge is -2.27. The molecule has 4 aromatic rings. The summed E-state index contributed by atoms with van der Waals surface area (Å²) in [5.74, 6) is 0.977.